The van der Waals surface area contributed by atoms with Gasteiger partial charge >= 0.3 is 0 Å². The molecule has 1 aromatic rings. The average molecular weight is 493 g/mol. The fraction of sp³-hybridized carbons (Fsp3) is 0. The van der Waals surface area contributed by atoms with Crippen molar-refractivity contribution in [1.29, 1.82) is 0 Å². The quantitative estimate of drug-likeness (QED) is 0.386. The summed E-state index contributed by atoms with van der Waals surface area (Å²) < 4.78 is 1.60. The maximum absolute atomic E-state index is 11.9. The molecule has 1 aliphatic carbocycles. The van der Waals surface area contributed by atoms with Crippen molar-refractivity contribution in [1.82, 2.24) is 15.8 Å². The summed E-state index contributed by atoms with van der Waals surface area (Å²) in [6, 6.07) is 3.20. The molecule has 1 aliphatic rings. The second-order valence-corrected chi connectivity index (χ2v) is 6.19. The molecule has 7 heteroatoms. The van der Waals surface area contributed by atoms with Crippen molar-refractivity contribution in [3.8, 4) is 0 Å². The van der Waals surface area contributed by atoms with Gasteiger partial charge in [-0.25, -0.2) is 0 Å². The van der Waals surface area contributed by atoms with Crippen molar-refractivity contribution in [3.63, 3.8) is 0 Å². The first kappa shape index (κ1) is 15.2. The molecule has 0 spiro atoms. The zero-order valence-corrected chi connectivity index (χ0v) is 14.4. The van der Waals surface area contributed by atoms with E-state index in [0.29, 0.717) is 14.7 Å². The van der Waals surface area contributed by atoms with Crippen LogP contribution in [0.4, 0.5) is 0 Å². The van der Waals surface area contributed by atoms with Crippen LogP contribution in [0.1, 0.15) is 10.4 Å². The number of ketones is 1. The van der Waals surface area contributed by atoms with Gasteiger partial charge in [0.2, 0.25) is 5.78 Å². The van der Waals surface area contributed by atoms with Crippen LogP contribution < -0.4 is 10.9 Å². The van der Waals surface area contributed by atoms with E-state index in [1.165, 1.54) is 18.6 Å². The Morgan fingerprint density at radius 2 is 1.90 bits per heavy atom. The van der Waals surface area contributed by atoms with Crippen molar-refractivity contribution in [2.45, 2.75) is 0 Å². The molecule has 0 bridgehead atoms. The molecular formula is C13H9I2N3O2. The van der Waals surface area contributed by atoms with Gasteiger partial charge in [-0.15, -0.1) is 0 Å². The predicted molar refractivity (Wildman–Crippen MR) is 92.1 cm³/mol. The molecule has 1 heterocycles. The second kappa shape index (κ2) is 6.97. The topological polar surface area (TPSA) is 71.1 Å². The summed E-state index contributed by atoms with van der Waals surface area (Å²) in [5.41, 5.74) is 6.12. The van der Waals surface area contributed by atoms with E-state index in [1.807, 2.05) is 22.6 Å². The van der Waals surface area contributed by atoms with Crippen molar-refractivity contribution in [2.24, 2.45) is 0 Å². The number of halogens is 2. The van der Waals surface area contributed by atoms with Gasteiger partial charge in [-0.2, -0.15) is 0 Å². The summed E-state index contributed by atoms with van der Waals surface area (Å²) in [6.07, 6.45) is 8.10. The van der Waals surface area contributed by atoms with Gasteiger partial charge in [0, 0.05) is 33.3 Å². The van der Waals surface area contributed by atoms with Crippen LogP contribution in [0.25, 0.3) is 0 Å². The molecule has 2 rings (SSSR count). The van der Waals surface area contributed by atoms with Gasteiger partial charge in [-0.05, 0) is 69.5 Å². The van der Waals surface area contributed by atoms with Crippen LogP contribution in [0, 0.1) is 0 Å². The fourth-order valence-corrected chi connectivity index (χ4v) is 3.33. The zero-order chi connectivity index (χ0) is 14.5. The van der Waals surface area contributed by atoms with Crippen molar-refractivity contribution >= 4 is 56.9 Å². The maximum atomic E-state index is 11.9. The first-order valence-corrected chi connectivity index (χ1v) is 7.69. The van der Waals surface area contributed by atoms with E-state index in [9.17, 15) is 9.59 Å². The van der Waals surface area contributed by atoms with Gasteiger partial charge in [0.15, 0.2) is 0 Å². The molecule has 0 radical (unpaired) electrons. The standard InChI is InChI=1S/C13H9I2N3O2/c14-10-5-9(12(19)11(15)6-10)7-17-18-13(20)8-1-3-16-4-2-8/h1-7,17H,(H,18,20)/b9-7+. The average Bonchev–Trinajstić information content (AvgIpc) is 2.44. The highest BCUT2D eigenvalue weighted by Crippen LogP contribution is 2.26. The molecule has 0 atom stereocenters. The third kappa shape index (κ3) is 3.88. The molecule has 1 aromatic heterocycles. The van der Waals surface area contributed by atoms with Crippen LogP contribution in [-0.2, 0) is 4.79 Å². The summed E-state index contributed by atoms with van der Waals surface area (Å²) in [6.45, 7) is 0. The van der Waals surface area contributed by atoms with Gasteiger partial charge in [-0.3, -0.25) is 20.0 Å². The van der Waals surface area contributed by atoms with E-state index >= 15 is 0 Å². The van der Waals surface area contributed by atoms with Gasteiger partial charge < -0.3 is 5.43 Å². The Hall–Kier alpha value is -1.23. The number of carbonyl (C=O) groups is 2. The lowest BCUT2D eigenvalue weighted by Crippen LogP contribution is -2.34. The largest absolute Gasteiger partial charge is 0.305 e. The van der Waals surface area contributed by atoms with E-state index in [0.717, 1.165) is 3.58 Å². The Kier molecular flexibility index (Phi) is 5.29. The number of hydrogen-bond acceptors (Lipinski definition) is 4. The molecule has 102 valence electrons. The second-order valence-electron chi connectivity index (χ2n) is 3.78. The number of allylic oxidation sites excluding steroid dienone is 5. The Labute approximate surface area is 142 Å². The lowest BCUT2D eigenvalue weighted by Gasteiger charge is -2.09. The lowest BCUT2D eigenvalue weighted by atomic mass is 10.1. The van der Waals surface area contributed by atoms with E-state index in [-0.39, 0.29) is 11.7 Å². The maximum Gasteiger partial charge on any atom is 0.269 e. The van der Waals surface area contributed by atoms with E-state index in [1.54, 1.807) is 24.3 Å². The summed E-state index contributed by atoms with van der Waals surface area (Å²) in [4.78, 5) is 27.5. The molecule has 1 amide bonds. The number of aromatic nitrogens is 1. The fourth-order valence-electron chi connectivity index (χ4n) is 1.44. The molecular weight excluding hydrogens is 484 g/mol. The van der Waals surface area contributed by atoms with Crippen LogP contribution in [-0.4, -0.2) is 16.7 Å². The summed E-state index contributed by atoms with van der Waals surface area (Å²) in [5, 5.41) is 0. The van der Waals surface area contributed by atoms with Gasteiger partial charge in [-0.1, -0.05) is 0 Å². The number of rotatable bonds is 3. The SMILES string of the molecule is O=C1C(I)=CC(I)=C/C1=C\NNC(=O)c1ccncc1. The number of nitrogens with zero attached hydrogens (tertiary/aromatic N) is 1. The minimum atomic E-state index is -0.295. The van der Waals surface area contributed by atoms with Crippen molar-refractivity contribution in [2.75, 3.05) is 0 Å². The smallest absolute Gasteiger partial charge is 0.269 e. The van der Waals surface area contributed by atoms with E-state index in [4.69, 9.17) is 0 Å². The number of amides is 1. The molecule has 5 nitrogen and oxygen atoms in total. The van der Waals surface area contributed by atoms with Crippen LogP contribution in [0.2, 0.25) is 0 Å². The predicted octanol–water partition coefficient (Wildman–Crippen LogP) is 2.42. The number of Topliss-reactive ketones (excluding diaryl/α,β-unsaturated/α-hetero) is 1. The van der Waals surface area contributed by atoms with E-state index in [2.05, 4.69) is 38.4 Å². The molecule has 20 heavy (non-hydrogen) atoms. The van der Waals surface area contributed by atoms with E-state index < -0.39 is 0 Å². The number of nitrogens with one attached hydrogen (secondary N) is 2. The van der Waals surface area contributed by atoms with Gasteiger partial charge in [0.25, 0.3) is 5.91 Å². The minimum Gasteiger partial charge on any atom is -0.305 e. The number of hydrazine groups is 1. The Bertz CT molecular complexity index is 636. The normalized spacial score (nSPS) is 16.5. The van der Waals surface area contributed by atoms with Gasteiger partial charge in [0.05, 0.1) is 3.58 Å². The number of carbonyl (C=O) groups excluding carboxylic acids is 2. The third-order valence-corrected chi connectivity index (χ3v) is 3.82. The zero-order valence-electron chi connectivity index (χ0n) is 10.1. The van der Waals surface area contributed by atoms with Crippen molar-refractivity contribution in [3.05, 3.63) is 61.2 Å². The minimum absolute atomic E-state index is 0.0725. The lowest BCUT2D eigenvalue weighted by molar-refractivity contribution is -0.111. The molecule has 2 N–H and O–H groups in total. The van der Waals surface area contributed by atoms with Crippen LogP contribution in [0.5, 0.6) is 0 Å². The van der Waals surface area contributed by atoms with Crippen LogP contribution >= 0.6 is 45.2 Å². The molecule has 0 unspecified atom stereocenters. The highest BCUT2D eigenvalue weighted by Gasteiger charge is 2.16. The summed E-state index contributed by atoms with van der Waals surface area (Å²) in [7, 11) is 0. The number of hydrogen-bond donors (Lipinski definition) is 2. The monoisotopic (exact) mass is 493 g/mol. The first-order chi connectivity index (χ1) is 9.58. The molecule has 0 saturated carbocycles. The highest BCUT2D eigenvalue weighted by molar-refractivity contribution is 14.1. The molecule has 0 aliphatic heterocycles. The molecule has 0 fully saturated rings. The summed E-state index contributed by atoms with van der Waals surface area (Å²) in [5.74, 6) is -0.367. The Morgan fingerprint density at radius 1 is 1.20 bits per heavy atom. The molecule has 0 aromatic carbocycles. The van der Waals surface area contributed by atoms with Crippen molar-refractivity contribution < 1.29 is 9.59 Å². The van der Waals surface area contributed by atoms with Crippen LogP contribution in [0.15, 0.2) is 55.6 Å². The Morgan fingerprint density at radius 3 is 2.60 bits per heavy atom. The third-order valence-electron chi connectivity index (χ3n) is 2.39. The summed E-state index contributed by atoms with van der Waals surface area (Å²) >= 11 is 4.13. The first-order valence-electron chi connectivity index (χ1n) is 5.53. The van der Waals surface area contributed by atoms with Gasteiger partial charge in [0.1, 0.15) is 0 Å². The Balaban J connectivity index is 1.99. The highest BCUT2D eigenvalue weighted by atomic mass is 127. The number of pyridine rings is 1. The van der Waals surface area contributed by atoms with Crippen LogP contribution in [0.3, 0.4) is 0 Å². The molecule has 0 saturated heterocycles.